The van der Waals surface area contributed by atoms with Crippen molar-refractivity contribution >= 4 is 0 Å². The minimum absolute atomic E-state index is 0.277. The Bertz CT molecular complexity index is 357. The molecule has 0 bridgehead atoms. The Balaban J connectivity index is 2.43. The summed E-state index contributed by atoms with van der Waals surface area (Å²) >= 11 is 0. The third kappa shape index (κ3) is 1.92. The third-order valence-electron chi connectivity index (χ3n) is 3.02. The number of methoxy groups -OCH3 is 1. The average Bonchev–Trinajstić information content (AvgIpc) is 2.69. The predicted molar refractivity (Wildman–Crippen MR) is 59.6 cm³/mol. The van der Waals surface area contributed by atoms with E-state index in [0.717, 1.165) is 30.8 Å². The lowest BCUT2D eigenvalue weighted by molar-refractivity contribution is 0.399. The molecule has 0 spiro atoms. The molecule has 0 aromatic heterocycles. The maximum Gasteiger partial charge on any atom is 0.126 e. The monoisotopic (exact) mass is 207 g/mol. The number of benzene rings is 1. The fourth-order valence-corrected chi connectivity index (χ4v) is 2.34. The summed E-state index contributed by atoms with van der Waals surface area (Å²) in [7, 11) is 1.65. The van der Waals surface area contributed by atoms with Crippen LogP contribution in [0.2, 0.25) is 0 Å². The SMILES string of the molecule is COc1cc(O)cc(C)c1C1CCNC1. The summed E-state index contributed by atoms with van der Waals surface area (Å²) in [5.74, 6) is 1.60. The normalized spacial score (nSPS) is 20.5. The zero-order valence-corrected chi connectivity index (χ0v) is 9.21. The Kier molecular flexibility index (Phi) is 2.82. The van der Waals surface area contributed by atoms with E-state index < -0.39 is 0 Å². The molecule has 82 valence electrons. The molecule has 1 aromatic rings. The molecule has 15 heavy (non-hydrogen) atoms. The molecule has 3 heteroatoms. The number of aromatic hydroxyl groups is 1. The van der Waals surface area contributed by atoms with Crippen molar-refractivity contribution in [2.75, 3.05) is 20.2 Å². The highest BCUT2D eigenvalue weighted by Gasteiger charge is 2.22. The van der Waals surface area contributed by atoms with Gasteiger partial charge in [-0.05, 0) is 31.5 Å². The first-order valence-corrected chi connectivity index (χ1v) is 5.30. The van der Waals surface area contributed by atoms with E-state index in [-0.39, 0.29) is 5.75 Å². The number of nitrogens with one attached hydrogen (secondary N) is 1. The van der Waals surface area contributed by atoms with Gasteiger partial charge in [0.15, 0.2) is 0 Å². The van der Waals surface area contributed by atoms with Crippen LogP contribution in [-0.4, -0.2) is 25.3 Å². The Hall–Kier alpha value is -1.22. The summed E-state index contributed by atoms with van der Waals surface area (Å²) in [6, 6.07) is 3.50. The van der Waals surface area contributed by atoms with E-state index >= 15 is 0 Å². The fraction of sp³-hybridized carbons (Fsp3) is 0.500. The van der Waals surface area contributed by atoms with E-state index in [1.165, 1.54) is 5.56 Å². The van der Waals surface area contributed by atoms with Crippen molar-refractivity contribution in [1.82, 2.24) is 5.32 Å². The van der Waals surface area contributed by atoms with Crippen LogP contribution in [0.1, 0.15) is 23.5 Å². The lowest BCUT2D eigenvalue weighted by Gasteiger charge is -2.17. The number of phenols is 1. The number of rotatable bonds is 2. The van der Waals surface area contributed by atoms with Crippen LogP contribution in [-0.2, 0) is 0 Å². The van der Waals surface area contributed by atoms with Crippen LogP contribution in [0.25, 0.3) is 0 Å². The lowest BCUT2D eigenvalue weighted by Crippen LogP contribution is -2.09. The Labute approximate surface area is 90.1 Å². The van der Waals surface area contributed by atoms with E-state index in [0.29, 0.717) is 5.92 Å². The van der Waals surface area contributed by atoms with Crippen molar-refractivity contribution in [3.05, 3.63) is 23.3 Å². The predicted octanol–water partition coefficient (Wildman–Crippen LogP) is 1.79. The van der Waals surface area contributed by atoms with Crippen molar-refractivity contribution in [1.29, 1.82) is 0 Å². The summed E-state index contributed by atoms with van der Waals surface area (Å²) in [5, 5.41) is 12.8. The zero-order valence-electron chi connectivity index (χ0n) is 9.21. The molecule has 0 aliphatic carbocycles. The standard InChI is InChI=1S/C12H17NO2/c1-8-5-10(14)6-11(15-2)12(8)9-3-4-13-7-9/h5-6,9,13-14H,3-4,7H2,1-2H3. The molecule has 0 amide bonds. The second-order valence-corrected chi connectivity index (χ2v) is 4.07. The second kappa shape index (κ2) is 4.11. The van der Waals surface area contributed by atoms with Crippen molar-refractivity contribution in [2.24, 2.45) is 0 Å². The minimum Gasteiger partial charge on any atom is -0.508 e. The first kappa shape index (κ1) is 10.3. The zero-order chi connectivity index (χ0) is 10.8. The average molecular weight is 207 g/mol. The molecule has 1 heterocycles. The van der Waals surface area contributed by atoms with Gasteiger partial charge in [-0.1, -0.05) is 0 Å². The highest BCUT2D eigenvalue weighted by atomic mass is 16.5. The van der Waals surface area contributed by atoms with E-state index in [1.807, 2.05) is 6.92 Å². The van der Waals surface area contributed by atoms with Crippen molar-refractivity contribution in [3.63, 3.8) is 0 Å². The molecule has 0 saturated carbocycles. The van der Waals surface area contributed by atoms with Gasteiger partial charge >= 0.3 is 0 Å². The maximum atomic E-state index is 9.50. The third-order valence-corrected chi connectivity index (χ3v) is 3.02. The Morgan fingerprint density at radius 2 is 2.27 bits per heavy atom. The molecule has 1 unspecified atom stereocenters. The second-order valence-electron chi connectivity index (χ2n) is 4.07. The molecule has 2 N–H and O–H groups in total. The molecular formula is C12H17NO2. The van der Waals surface area contributed by atoms with Crippen LogP contribution in [0.5, 0.6) is 11.5 Å². The van der Waals surface area contributed by atoms with Gasteiger partial charge < -0.3 is 15.2 Å². The van der Waals surface area contributed by atoms with Gasteiger partial charge in [0.1, 0.15) is 11.5 Å². The van der Waals surface area contributed by atoms with Gasteiger partial charge in [-0.15, -0.1) is 0 Å². The summed E-state index contributed by atoms with van der Waals surface area (Å²) in [4.78, 5) is 0. The van der Waals surface area contributed by atoms with E-state index in [9.17, 15) is 5.11 Å². The largest absolute Gasteiger partial charge is 0.508 e. The van der Waals surface area contributed by atoms with E-state index in [2.05, 4.69) is 5.32 Å². The molecule has 1 saturated heterocycles. The number of hydrogen-bond acceptors (Lipinski definition) is 3. The molecule has 1 aromatic carbocycles. The molecular weight excluding hydrogens is 190 g/mol. The van der Waals surface area contributed by atoms with Gasteiger partial charge in [-0.25, -0.2) is 0 Å². The molecule has 1 aliphatic rings. The summed E-state index contributed by atoms with van der Waals surface area (Å²) in [6.45, 7) is 4.09. The Morgan fingerprint density at radius 1 is 1.47 bits per heavy atom. The van der Waals surface area contributed by atoms with Gasteiger partial charge in [-0.2, -0.15) is 0 Å². The maximum absolute atomic E-state index is 9.50. The van der Waals surface area contributed by atoms with Crippen LogP contribution >= 0.6 is 0 Å². The molecule has 2 rings (SSSR count). The van der Waals surface area contributed by atoms with Crippen LogP contribution in [0.15, 0.2) is 12.1 Å². The highest BCUT2D eigenvalue weighted by Crippen LogP contribution is 2.36. The first-order chi connectivity index (χ1) is 7.22. The van der Waals surface area contributed by atoms with Gasteiger partial charge in [0.2, 0.25) is 0 Å². The van der Waals surface area contributed by atoms with Gasteiger partial charge in [-0.3, -0.25) is 0 Å². The summed E-state index contributed by atoms with van der Waals surface area (Å²) in [6.07, 6.45) is 1.14. The molecule has 1 aliphatic heterocycles. The summed E-state index contributed by atoms with van der Waals surface area (Å²) < 4.78 is 5.33. The van der Waals surface area contributed by atoms with Gasteiger partial charge in [0, 0.05) is 24.1 Å². The smallest absolute Gasteiger partial charge is 0.126 e. The van der Waals surface area contributed by atoms with E-state index in [1.54, 1.807) is 19.2 Å². The molecule has 3 nitrogen and oxygen atoms in total. The number of phenolic OH excluding ortho intramolecular Hbond substituents is 1. The van der Waals surface area contributed by atoms with Crippen LogP contribution in [0, 0.1) is 6.92 Å². The van der Waals surface area contributed by atoms with E-state index in [4.69, 9.17) is 4.74 Å². The van der Waals surface area contributed by atoms with Crippen LogP contribution in [0.3, 0.4) is 0 Å². The molecule has 0 radical (unpaired) electrons. The van der Waals surface area contributed by atoms with Gasteiger partial charge in [0.25, 0.3) is 0 Å². The Morgan fingerprint density at radius 3 is 2.87 bits per heavy atom. The van der Waals surface area contributed by atoms with Crippen molar-refractivity contribution in [3.8, 4) is 11.5 Å². The van der Waals surface area contributed by atoms with Crippen LogP contribution in [0.4, 0.5) is 0 Å². The molecule has 1 atom stereocenters. The number of ether oxygens (including phenoxy) is 1. The van der Waals surface area contributed by atoms with Crippen molar-refractivity contribution < 1.29 is 9.84 Å². The first-order valence-electron chi connectivity index (χ1n) is 5.30. The minimum atomic E-state index is 0.277. The number of hydrogen-bond donors (Lipinski definition) is 2. The molecule has 1 fully saturated rings. The number of aryl methyl sites for hydroxylation is 1. The lowest BCUT2D eigenvalue weighted by atomic mass is 9.93. The summed E-state index contributed by atoms with van der Waals surface area (Å²) in [5.41, 5.74) is 2.35. The quantitative estimate of drug-likeness (QED) is 0.776. The van der Waals surface area contributed by atoms with Gasteiger partial charge in [0.05, 0.1) is 7.11 Å². The topological polar surface area (TPSA) is 41.5 Å². The fourth-order valence-electron chi connectivity index (χ4n) is 2.34. The van der Waals surface area contributed by atoms with Crippen LogP contribution < -0.4 is 10.1 Å². The van der Waals surface area contributed by atoms with Crippen molar-refractivity contribution in [2.45, 2.75) is 19.3 Å². The highest BCUT2D eigenvalue weighted by molar-refractivity contribution is 5.48.